The van der Waals surface area contributed by atoms with Gasteiger partial charge in [0, 0.05) is 6.42 Å². The van der Waals surface area contributed by atoms with E-state index in [1.165, 1.54) is 167 Å². The number of aliphatic hydroxyl groups is 8. The van der Waals surface area contributed by atoms with Gasteiger partial charge in [-0.3, -0.25) is 4.79 Å². The first-order valence-electron chi connectivity index (χ1n) is 27.9. The molecule has 14 nitrogen and oxygen atoms in total. The van der Waals surface area contributed by atoms with Crippen molar-refractivity contribution in [1.82, 2.24) is 5.32 Å². The lowest BCUT2D eigenvalue weighted by Gasteiger charge is -2.46. The van der Waals surface area contributed by atoms with Gasteiger partial charge in [0.15, 0.2) is 12.6 Å². The Labute approximate surface area is 412 Å². The molecular weight excluding hydrogens is 871 g/mol. The van der Waals surface area contributed by atoms with E-state index in [0.29, 0.717) is 6.42 Å². The molecule has 2 rings (SSSR count). The van der Waals surface area contributed by atoms with E-state index < -0.39 is 86.8 Å². The summed E-state index contributed by atoms with van der Waals surface area (Å²) < 4.78 is 22.7. The maximum Gasteiger partial charge on any atom is 0.220 e. The summed E-state index contributed by atoms with van der Waals surface area (Å²) in [6, 6.07) is -0.908. The molecule has 0 saturated carbocycles. The Bertz CT molecular complexity index is 1200. The minimum atomic E-state index is -1.78. The molecule has 14 heteroatoms. The highest BCUT2D eigenvalue weighted by molar-refractivity contribution is 5.76. The van der Waals surface area contributed by atoms with Gasteiger partial charge in [-0.1, -0.05) is 219 Å². The molecule has 0 aromatic carbocycles. The Morgan fingerprint density at radius 3 is 1.35 bits per heavy atom. The fourth-order valence-corrected chi connectivity index (χ4v) is 9.41. The molecule has 12 atom stereocenters. The van der Waals surface area contributed by atoms with E-state index in [1.807, 2.05) is 6.08 Å². The van der Waals surface area contributed by atoms with E-state index in [-0.39, 0.29) is 18.9 Å². The van der Waals surface area contributed by atoms with Crippen LogP contribution < -0.4 is 5.32 Å². The number of hydrogen-bond acceptors (Lipinski definition) is 13. The fraction of sp³-hybridized carbons (Fsp3) is 0.944. The lowest BCUT2D eigenvalue weighted by atomic mass is 9.97. The Balaban J connectivity index is 1.77. The molecule has 0 spiro atoms. The molecule has 0 aliphatic carbocycles. The van der Waals surface area contributed by atoms with Crippen LogP contribution in [0.3, 0.4) is 0 Å². The van der Waals surface area contributed by atoms with Crippen LogP contribution in [0.4, 0.5) is 0 Å². The van der Waals surface area contributed by atoms with E-state index in [1.54, 1.807) is 6.08 Å². The zero-order valence-corrected chi connectivity index (χ0v) is 42.9. The summed E-state index contributed by atoms with van der Waals surface area (Å²) in [5.74, 6) is -0.236. The smallest absolute Gasteiger partial charge is 0.220 e. The predicted molar refractivity (Wildman–Crippen MR) is 268 cm³/mol. The second kappa shape index (κ2) is 41.2. The van der Waals surface area contributed by atoms with Crippen LogP contribution >= 0.6 is 0 Å². The maximum absolute atomic E-state index is 13.2. The third-order valence-corrected chi connectivity index (χ3v) is 14.0. The average Bonchev–Trinajstić information content (AvgIpc) is 3.34. The van der Waals surface area contributed by atoms with Crippen molar-refractivity contribution in [3.8, 4) is 0 Å². The number of hydrogen-bond donors (Lipinski definition) is 9. The van der Waals surface area contributed by atoms with Gasteiger partial charge >= 0.3 is 0 Å². The summed E-state index contributed by atoms with van der Waals surface area (Å²) in [5, 5.41) is 86.9. The highest BCUT2D eigenvalue weighted by Crippen LogP contribution is 2.30. The van der Waals surface area contributed by atoms with Crippen LogP contribution in [-0.4, -0.2) is 140 Å². The number of carbonyl (C=O) groups is 1. The number of aliphatic hydroxyl groups excluding tert-OH is 8. The number of unbranched alkanes of at least 4 members (excludes halogenated alkanes) is 31. The maximum atomic E-state index is 13.2. The lowest BCUT2D eigenvalue weighted by molar-refractivity contribution is -0.359. The standard InChI is InChI=1S/C54H103NO13/c1-3-5-7-9-11-13-15-17-18-19-20-21-22-23-24-26-28-30-32-34-36-38-46(59)55-42(43(58)37-35-33-31-29-27-25-16-14-12-10-8-6-4-2)41-65-53-51(64)49(62)52(45(40-57)67-53)68-54-50(63)48(61)47(60)44(39-56)66-54/h35,37,42-45,47-54,56-58,60-64H,3-34,36,38-41H2,1-2H3,(H,55,59)/b37-35+/t42-,43+,44+,45+,47-,48?,49?,50?,51?,52+,53+,54-/m0/s1. The summed E-state index contributed by atoms with van der Waals surface area (Å²) in [7, 11) is 0. The summed E-state index contributed by atoms with van der Waals surface area (Å²) >= 11 is 0. The van der Waals surface area contributed by atoms with Crippen LogP contribution in [0.15, 0.2) is 12.2 Å². The lowest BCUT2D eigenvalue weighted by Crippen LogP contribution is -2.65. The van der Waals surface area contributed by atoms with Crippen LogP contribution in [0.1, 0.15) is 232 Å². The largest absolute Gasteiger partial charge is 0.394 e. The Kier molecular flexibility index (Phi) is 38.1. The fourth-order valence-electron chi connectivity index (χ4n) is 9.41. The van der Waals surface area contributed by atoms with Gasteiger partial charge in [0.25, 0.3) is 0 Å². The molecule has 2 fully saturated rings. The molecule has 68 heavy (non-hydrogen) atoms. The van der Waals surface area contributed by atoms with Gasteiger partial charge in [-0.05, 0) is 19.3 Å². The summed E-state index contributed by atoms with van der Waals surface area (Å²) in [5.41, 5.74) is 0. The topological polar surface area (TPSA) is 228 Å². The highest BCUT2D eigenvalue weighted by atomic mass is 16.7. The van der Waals surface area contributed by atoms with Gasteiger partial charge in [-0.25, -0.2) is 0 Å². The molecule has 2 saturated heterocycles. The molecule has 0 aromatic heterocycles. The van der Waals surface area contributed by atoms with Crippen LogP contribution in [0, 0.1) is 0 Å². The van der Waals surface area contributed by atoms with E-state index in [4.69, 9.17) is 18.9 Å². The van der Waals surface area contributed by atoms with Crippen molar-refractivity contribution in [2.45, 2.75) is 306 Å². The van der Waals surface area contributed by atoms with Crippen LogP contribution in [0.25, 0.3) is 0 Å². The molecule has 0 aromatic rings. The monoisotopic (exact) mass is 974 g/mol. The first kappa shape index (κ1) is 62.8. The molecule has 0 bridgehead atoms. The first-order valence-corrected chi connectivity index (χ1v) is 27.9. The van der Waals surface area contributed by atoms with Gasteiger partial charge in [-0.2, -0.15) is 0 Å². The quantitative estimate of drug-likeness (QED) is 0.0207. The van der Waals surface area contributed by atoms with Gasteiger partial charge in [0.1, 0.15) is 48.8 Å². The van der Waals surface area contributed by atoms with Crippen molar-refractivity contribution in [1.29, 1.82) is 0 Å². The van der Waals surface area contributed by atoms with Crippen molar-refractivity contribution >= 4 is 5.91 Å². The Morgan fingerprint density at radius 2 is 0.912 bits per heavy atom. The van der Waals surface area contributed by atoms with Crippen LogP contribution in [0.5, 0.6) is 0 Å². The van der Waals surface area contributed by atoms with Crippen molar-refractivity contribution in [3.63, 3.8) is 0 Å². The first-order chi connectivity index (χ1) is 33.1. The molecule has 2 heterocycles. The highest BCUT2D eigenvalue weighted by Gasteiger charge is 2.51. The third-order valence-electron chi connectivity index (χ3n) is 14.0. The van der Waals surface area contributed by atoms with Crippen molar-refractivity contribution in [2.24, 2.45) is 0 Å². The SMILES string of the molecule is CCCCCCCCCCCCC/C=C/[C@@H](O)[C@H](CO[C@@H]1O[C@H](CO)[C@@H](O[C@@H]2O[C@H](CO)[C@H](O)C(O)C2O)C(O)C1O)NC(=O)CCCCCCCCCCCCCCCCCCCCCCC. The second-order valence-electron chi connectivity index (χ2n) is 20.1. The Morgan fingerprint density at radius 1 is 0.515 bits per heavy atom. The normalized spacial score (nSPS) is 26.4. The van der Waals surface area contributed by atoms with Gasteiger partial charge in [-0.15, -0.1) is 0 Å². The average molecular weight is 974 g/mol. The molecule has 2 aliphatic heterocycles. The number of carbonyl (C=O) groups excluding carboxylic acids is 1. The molecule has 2 aliphatic rings. The van der Waals surface area contributed by atoms with Crippen molar-refractivity contribution < 1.29 is 64.6 Å². The van der Waals surface area contributed by atoms with Crippen LogP contribution in [-0.2, 0) is 23.7 Å². The summed E-state index contributed by atoms with van der Waals surface area (Å²) in [6.07, 6.45) is 28.2. The zero-order valence-electron chi connectivity index (χ0n) is 42.9. The predicted octanol–water partition coefficient (Wildman–Crippen LogP) is 8.33. The number of allylic oxidation sites excluding steroid dienone is 1. The van der Waals surface area contributed by atoms with Gasteiger partial charge in [0.2, 0.25) is 5.91 Å². The number of nitrogens with one attached hydrogen (secondary N) is 1. The summed E-state index contributed by atoms with van der Waals surface area (Å²) in [6.45, 7) is 2.81. The van der Waals surface area contributed by atoms with E-state index >= 15 is 0 Å². The van der Waals surface area contributed by atoms with E-state index in [2.05, 4.69) is 19.2 Å². The molecule has 0 radical (unpaired) electrons. The van der Waals surface area contributed by atoms with Crippen molar-refractivity contribution in [3.05, 3.63) is 12.2 Å². The molecular formula is C54H103NO13. The zero-order chi connectivity index (χ0) is 49.6. The number of ether oxygens (including phenoxy) is 4. The summed E-state index contributed by atoms with van der Waals surface area (Å²) in [4.78, 5) is 13.2. The van der Waals surface area contributed by atoms with Gasteiger partial charge < -0.3 is 65.1 Å². The Hall–Kier alpha value is -1.27. The van der Waals surface area contributed by atoms with Gasteiger partial charge in [0.05, 0.1) is 32.0 Å². The molecule has 9 N–H and O–H groups in total. The van der Waals surface area contributed by atoms with Crippen molar-refractivity contribution in [2.75, 3.05) is 19.8 Å². The van der Waals surface area contributed by atoms with Crippen LogP contribution in [0.2, 0.25) is 0 Å². The van der Waals surface area contributed by atoms with E-state index in [0.717, 1.165) is 38.5 Å². The second-order valence-corrected chi connectivity index (χ2v) is 20.1. The third kappa shape index (κ3) is 27.5. The molecule has 4 unspecified atom stereocenters. The minimum absolute atomic E-state index is 0.236. The number of amides is 1. The minimum Gasteiger partial charge on any atom is -0.394 e. The van der Waals surface area contributed by atoms with E-state index in [9.17, 15) is 45.6 Å². The molecule has 1 amide bonds. The molecule has 402 valence electrons. The number of rotatable bonds is 44.